The number of imidazole rings is 1. The predicted octanol–water partition coefficient (Wildman–Crippen LogP) is 3.90. The second kappa shape index (κ2) is 8.97. The molecule has 0 atom stereocenters. The topological polar surface area (TPSA) is 116 Å². The average molecular weight is 515 g/mol. The molecule has 0 amide bonds. The van der Waals surface area contributed by atoms with Crippen LogP contribution < -0.4 is 10.5 Å². The smallest absolute Gasteiger partial charge is 0.212 e. The number of sulfonamides is 1. The molecule has 3 heterocycles. The molecule has 0 spiro atoms. The molecule has 0 fully saturated rings. The molecule has 166 valence electrons. The summed E-state index contributed by atoms with van der Waals surface area (Å²) in [6.45, 7) is 3.99. The molecule has 3 N–H and O–H groups in total. The molecule has 8 nitrogen and oxygen atoms in total. The summed E-state index contributed by atoms with van der Waals surface area (Å²) >= 11 is 3.45. The molecule has 0 aliphatic carbocycles. The Bertz CT molecular complexity index is 1370. The lowest BCUT2D eigenvalue weighted by atomic mass is 10.2. The van der Waals surface area contributed by atoms with Gasteiger partial charge >= 0.3 is 0 Å². The van der Waals surface area contributed by atoms with Gasteiger partial charge in [-0.2, -0.15) is 0 Å². The third kappa shape index (κ3) is 4.82. The summed E-state index contributed by atoms with van der Waals surface area (Å²) in [6.07, 6.45) is 3.35. The highest BCUT2D eigenvalue weighted by Crippen LogP contribution is 2.31. The summed E-state index contributed by atoms with van der Waals surface area (Å²) < 4.78 is 29.6. The SMILES string of the molecule is CC(C)CS(=O)(=O)NCc1ccc(-n2c(-c3cccnc3N)nc3cc(Br)cnc32)cc1. The number of anilines is 1. The summed E-state index contributed by atoms with van der Waals surface area (Å²) in [5.41, 5.74) is 9.90. The van der Waals surface area contributed by atoms with Crippen LogP contribution in [0.2, 0.25) is 0 Å². The number of hydrogen-bond acceptors (Lipinski definition) is 6. The van der Waals surface area contributed by atoms with Gasteiger partial charge in [-0.05, 0) is 57.7 Å². The van der Waals surface area contributed by atoms with Crippen LogP contribution in [-0.4, -0.2) is 33.7 Å². The highest BCUT2D eigenvalue weighted by atomic mass is 79.9. The summed E-state index contributed by atoms with van der Waals surface area (Å²) in [6, 6.07) is 13.2. The van der Waals surface area contributed by atoms with Crippen molar-refractivity contribution in [2.75, 3.05) is 11.5 Å². The number of aromatic nitrogens is 4. The minimum atomic E-state index is -3.31. The maximum absolute atomic E-state index is 12.1. The number of benzene rings is 1. The first kappa shape index (κ1) is 22.4. The second-order valence-corrected chi connectivity index (χ2v) is 10.6. The Hall–Kier alpha value is -2.82. The molecule has 3 aromatic heterocycles. The van der Waals surface area contributed by atoms with Gasteiger partial charge in [0.2, 0.25) is 10.0 Å². The number of hydrogen-bond donors (Lipinski definition) is 2. The van der Waals surface area contributed by atoms with E-state index in [4.69, 9.17) is 10.7 Å². The van der Waals surface area contributed by atoms with Gasteiger partial charge in [-0.25, -0.2) is 28.1 Å². The molecule has 0 saturated carbocycles. The fourth-order valence-corrected chi connectivity index (χ4v) is 5.13. The Morgan fingerprint density at radius 3 is 2.59 bits per heavy atom. The van der Waals surface area contributed by atoms with Crippen molar-refractivity contribution in [3.8, 4) is 17.1 Å². The van der Waals surface area contributed by atoms with Crippen molar-refractivity contribution >= 4 is 42.9 Å². The van der Waals surface area contributed by atoms with Crippen LogP contribution in [0, 0.1) is 5.92 Å². The first-order valence-corrected chi connectivity index (χ1v) is 12.5. The van der Waals surface area contributed by atoms with E-state index in [1.807, 2.05) is 60.9 Å². The molecule has 32 heavy (non-hydrogen) atoms. The standard InChI is InChI=1S/C22H23BrN6O2S/c1-14(2)13-32(30,31)27-11-15-5-7-17(8-6-15)29-21(18-4-3-9-25-20(18)24)28-19-10-16(23)12-26-22(19)29/h3-10,12,14,27H,11,13H2,1-2H3,(H2,24,25). The Labute approximate surface area is 195 Å². The van der Waals surface area contributed by atoms with Crippen LogP contribution >= 0.6 is 15.9 Å². The largest absolute Gasteiger partial charge is 0.383 e. The zero-order chi connectivity index (χ0) is 22.9. The molecule has 4 rings (SSSR count). The molecule has 0 bridgehead atoms. The molecule has 1 aromatic carbocycles. The van der Waals surface area contributed by atoms with Crippen LogP contribution in [0.15, 0.2) is 59.3 Å². The van der Waals surface area contributed by atoms with Gasteiger partial charge < -0.3 is 5.73 Å². The van der Waals surface area contributed by atoms with E-state index in [1.54, 1.807) is 12.4 Å². The van der Waals surface area contributed by atoms with E-state index in [9.17, 15) is 8.42 Å². The van der Waals surface area contributed by atoms with E-state index in [1.165, 1.54) is 0 Å². The molecular weight excluding hydrogens is 492 g/mol. The summed E-state index contributed by atoms with van der Waals surface area (Å²) in [4.78, 5) is 13.5. The van der Waals surface area contributed by atoms with Crippen LogP contribution in [0.1, 0.15) is 19.4 Å². The third-order valence-electron chi connectivity index (χ3n) is 4.79. The van der Waals surface area contributed by atoms with Crippen LogP contribution in [-0.2, 0) is 16.6 Å². The monoisotopic (exact) mass is 514 g/mol. The quantitative estimate of drug-likeness (QED) is 0.386. The minimum absolute atomic E-state index is 0.0651. The molecular formula is C22H23BrN6O2S. The zero-order valence-corrected chi connectivity index (χ0v) is 20.1. The van der Waals surface area contributed by atoms with Crippen molar-refractivity contribution in [3.05, 3.63) is 64.9 Å². The number of nitrogens with zero attached hydrogens (tertiary/aromatic N) is 4. The lowest BCUT2D eigenvalue weighted by molar-refractivity contribution is 0.568. The van der Waals surface area contributed by atoms with Gasteiger partial charge in [0.1, 0.15) is 11.3 Å². The summed E-state index contributed by atoms with van der Waals surface area (Å²) in [5, 5.41) is 0. The highest BCUT2D eigenvalue weighted by Gasteiger charge is 2.18. The Balaban J connectivity index is 1.72. The van der Waals surface area contributed by atoms with Crippen LogP contribution in [0.4, 0.5) is 5.82 Å². The van der Waals surface area contributed by atoms with Crippen molar-refractivity contribution in [2.45, 2.75) is 20.4 Å². The third-order valence-corrected chi connectivity index (χ3v) is 6.91. The maximum atomic E-state index is 12.1. The lowest BCUT2D eigenvalue weighted by Crippen LogP contribution is -2.28. The van der Waals surface area contributed by atoms with E-state index in [0.717, 1.165) is 15.7 Å². The number of nitrogen functional groups attached to an aromatic ring is 1. The van der Waals surface area contributed by atoms with E-state index in [0.29, 0.717) is 28.4 Å². The molecule has 0 radical (unpaired) electrons. The van der Waals surface area contributed by atoms with Gasteiger partial charge in [0, 0.05) is 29.1 Å². The van der Waals surface area contributed by atoms with Crippen LogP contribution in [0.3, 0.4) is 0 Å². The molecule has 0 aliphatic rings. The number of rotatable bonds is 7. The van der Waals surface area contributed by atoms with Crippen molar-refractivity contribution < 1.29 is 8.42 Å². The first-order chi connectivity index (χ1) is 15.2. The predicted molar refractivity (Wildman–Crippen MR) is 130 cm³/mol. The fourth-order valence-electron chi connectivity index (χ4n) is 3.43. The molecule has 0 saturated heterocycles. The first-order valence-electron chi connectivity index (χ1n) is 10.0. The van der Waals surface area contributed by atoms with E-state index in [2.05, 4.69) is 30.6 Å². The van der Waals surface area contributed by atoms with E-state index >= 15 is 0 Å². The Morgan fingerprint density at radius 1 is 1.16 bits per heavy atom. The Kier molecular flexibility index (Phi) is 6.27. The van der Waals surface area contributed by atoms with E-state index < -0.39 is 10.0 Å². The van der Waals surface area contributed by atoms with Crippen LogP contribution in [0.5, 0.6) is 0 Å². The lowest BCUT2D eigenvalue weighted by Gasteiger charge is -2.12. The fraction of sp³-hybridized carbons (Fsp3) is 0.227. The number of pyridine rings is 2. The molecule has 10 heteroatoms. The number of nitrogens with two attached hydrogens (primary N) is 1. The van der Waals surface area contributed by atoms with Crippen molar-refractivity contribution in [1.82, 2.24) is 24.2 Å². The minimum Gasteiger partial charge on any atom is -0.383 e. The Morgan fingerprint density at radius 2 is 1.91 bits per heavy atom. The van der Waals surface area contributed by atoms with Gasteiger partial charge in [0.05, 0.1) is 11.3 Å². The van der Waals surface area contributed by atoms with Gasteiger partial charge in [-0.15, -0.1) is 0 Å². The van der Waals surface area contributed by atoms with Crippen molar-refractivity contribution in [1.29, 1.82) is 0 Å². The normalized spacial score (nSPS) is 12.0. The second-order valence-electron chi connectivity index (χ2n) is 7.87. The van der Waals surface area contributed by atoms with Gasteiger partial charge in [0.25, 0.3) is 0 Å². The highest BCUT2D eigenvalue weighted by molar-refractivity contribution is 9.10. The molecule has 4 aromatic rings. The van der Waals surface area contributed by atoms with Crippen molar-refractivity contribution in [2.24, 2.45) is 5.92 Å². The van der Waals surface area contributed by atoms with Crippen LogP contribution in [0.25, 0.3) is 28.2 Å². The van der Waals surface area contributed by atoms with E-state index in [-0.39, 0.29) is 18.2 Å². The number of fused-ring (bicyclic) bond motifs is 1. The average Bonchev–Trinajstić information content (AvgIpc) is 3.10. The molecule has 0 unspecified atom stereocenters. The van der Waals surface area contributed by atoms with Gasteiger partial charge in [0.15, 0.2) is 11.5 Å². The van der Waals surface area contributed by atoms with Gasteiger partial charge in [-0.1, -0.05) is 26.0 Å². The van der Waals surface area contributed by atoms with Gasteiger partial charge in [-0.3, -0.25) is 4.57 Å². The molecule has 0 aliphatic heterocycles. The summed E-state index contributed by atoms with van der Waals surface area (Å²) in [7, 11) is -3.31. The zero-order valence-electron chi connectivity index (χ0n) is 17.7. The number of nitrogens with one attached hydrogen (secondary N) is 1. The maximum Gasteiger partial charge on any atom is 0.212 e. The summed E-state index contributed by atoms with van der Waals surface area (Å²) in [5.74, 6) is 1.17. The van der Waals surface area contributed by atoms with Crippen molar-refractivity contribution in [3.63, 3.8) is 0 Å². The number of halogens is 1.